The molecule has 0 amide bonds. The van der Waals surface area contributed by atoms with Crippen LogP contribution in [0, 0.1) is 0 Å². The number of fused-ring (bicyclic) bond motifs is 1. The summed E-state index contributed by atoms with van der Waals surface area (Å²) in [6.07, 6.45) is 1.07. The molecule has 2 heterocycles. The van der Waals surface area contributed by atoms with Crippen molar-refractivity contribution in [3.63, 3.8) is 0 Å². The summed E-state index contributed by atoms with van der Waals surface area (Å²) in [7, 11) is 0. The molecule has 16 heavy (non-hydrogen) atoms. The Morgan fingerprint density at radius 2 is 0.938 bits per heavy atom. The van der Waals surface area contributed by atoms with Crippen LogP contribution in [0.4, 0.5) is 0 Å². The van der Waals surface area contributed by atoms with E-state index in [9.17, 15) is 0 Å². The Morgan fingerprint density at radius 1 is 0.562 bits per heavy atom. The highest BCUT2D eigenvalue weighted by molar-refractivity contribution is 5.33. The van der Waals surface area contributed by atoms with Crippen LogP contribution in [0.5, 0.6) is 0 Å². The van der Waals surface area contributed by atoms with Crippen LogP contribution in [0.2, 0.25) is 0 Å². The van der Waals surface area contributed by atoms with E-state index in [2.05, 4.69) is 70.7 Å². The van der Waals surface area contributed by atoms with Crippen molar-refractivity contribution in [2.45, 2.75) is 12.3 Å². The van der Waals surface area contributed by atoms with Crippen LogP contribution in [0.15, 0.2) is 60.7 Å². The van der Waals surface area contributed by atoms with Crippen LogP contribution < -0.4 is 0 Å². The third kappa shape index (κ3) is 1.08. The summed E-state index contributed by atoms with van der Waals surface area (Å²) < 4.78 is 0. The maximum absolute atomic E-state index is 2.41. The predicted molar refractivity (Wildman–Crippen MR) is 62.0 cm³/mol. The molecule has 78 valence electrons. The summed E-state index contributed by atoms with van der Waals surface area (Å²) in [6, 6.07) is 21.3. The lowest BCUT2D eigenvalue weighted by molar-refractivity contribution is 0.485. The first-order valence-corrected chi connectivity index (χ1v) is 5.63. The largest absolute Gasteiger partial charge is 0.192 e. The molecule has 0 radical (unpaired) electrons. The molecular formula is C14H12N2. The number of nitrogens with zero attached hydrogens (tertiary/aromatic N) is 2. The van der Waals surface area contributed by atoms with Gasteiger partial charge in [0, 0.05) is 0 Å². The third-order valence-corrected chi connectivity index (χ3v) is 3.36. The van der Waals surface area contributed by atoms with Gasteiger partial charge in [-0.15, -0.1) is 0 Å². The van der Waals surface area contributed by atoms with Gasteiger partial charge in [0.1, 0.15) is 12.3 Å². The maximum atomic E-state index is 2.41. The predicted octanol–water partition coefficient (Wildman–Crippen LogP) is 2.93. The summed E-state index contributed by atoms with van der Waals surface area (Å²) in [4.78, 5) is 0. The first-order valence-electron chi connectivity index (χ1n) is 5.63. The number of rotatable bonds is 2. The van der Waals surface area contributed by atoms with Gasteiger partial charge in [0.2, 0.25) is 0 Å². The normalized spacial score (nSPS) is 34.2. The Morgan fingerprint density at radius 3 is 1.31 bits per heavy atom. The minimum Gasteiger partial charge on any atom is -0.192 e. The average molecular weight is 208 g/mol. The van der Waals surface area contributed by atoms with Gasteiger partial charge in [-0.3, -0.25) is 0 Å². The SMILES string of the molecule is c1ccc(C2N3C(c4ccccc4)N23)cc1. The van der Waals surface area contributed by atoms with E-state index >= 15 is 0 Å². The zero-order valence-corrected chi connectivity index (χ0v) is 8.82. The van der Waals surface area contributed by atoms with Crippen molar-refractivity contribution in [3.05, 3.63) is 71.8 Å². The van der Waals surface area contributed by atoms with Gasteiger partial charge in [-0.2, -0.15) is 10.0 Å². The van der Waals surface area contributed by atoms with Gasteiger partial charge >= 0.3 is 0 Å². The molecule has 0 saturated carbocycles. The van der Waals surface area contributed by atoms with Crippen molar-refractivity contribution in [1.82, 2.24) is 10.0 Å². The van der Waals surface area contributed by atoms with E-state index in [1.165, 1.54) is 11.1 Å². The van der Waals surface area contributed by atoms with E-state index in [-0.39, 0.29) is 0 Å². The molecule has 0 aromatic heterocycles. The molecule has 0 N–H and O–H groups in total. The van der Waals surface area contributed by atoms with Gasteiger partial charge in [-0.25, -0.2) is 0 Å². The summed E-state index contributed by atoms with van der Waals surface area (Å²) in [6.45, 7) is 0. The zero-order chi connectivity index (χ0) is 10.5. The van der Waals surface area contributed by atoms with Crippen LogP contribution in [0.3, 0.4) is 0 Å². The summed E-state index contributed by atoms with van der Waals surface area (Å²) in [5.74, 6) is 0. The second-order valence-corrected chi connectivity index (χ2v) is 4.33. The smallest absolute Gasteiger partial charge is 0.119 e. The Balaban J connectivity index is 1.52. The monoisotopic (exact) mass is 208 g/mol. The van der Waals surface area contributed by atoms with Crippen molar-refractivity contribution in [2.75, 3.05) is 0 Å². The van der Waals surface area contributed by atoms with Gasteiger partial charge in [0.25, 0.3) is 0 Å². The lowest BCUT2D eigenvalue weighted by atomic mass is 10.1. The fraction of sp³-hybridized carbons (Fsp3) is 0.143. The molecule has 0 aliphatic carbocycles. The lowest BCUT2D eigenvalue weighted by Gasteiger charge is -2.09. The first-order chi connectivity index (χ1) is 7.97. The third-order valence-electron chi connectivity index (χ3n) is 3.36. The summed E-state index contributed by atoms with van der Waals surface area (Å²) in [5, 5.41) is 4.81. The molecule has 2 heteroatoms. The first kappa shape index (κ1) is 8.50. The van der Waals surface area contributed by atoms with Crippen LogP contribution in [-0.4, -0.2) is 10.0 Å². The fourth-order valence-corrected chi connectivity index (χ4v) is 2.46. The highest BCUT2D eigenvalue weighted by Crippen LogP contribution is 2.67. The van der Waals surface area contributed by atoms with E-state index in [4.69, 9.17) is 0 Å². The summed E-state index contributed by atoms with van der Waals surface area (Å²) >= 11 is 0. The number of hydrogen-bond donors (Lipinski definition) is 0. The highest BCUT2D eigenvalue weighted by atomic mass is 16.1. The van der Waals surface area contributed by atoms with Crippen LogP contribution in [-0.2, 0) is 0 Å². The van der Waals surface area contributed by atoms with Crippen molar-refractivity contribution < 1.29 is 0 Å². The molecule has 2 aromatic rings. The van der Waals surface area contributed by atoms with Crippen LogP contribution >= 0.6 is 0 Å². The standard InChI is InChI=1S/C14H12N2/c1-3-7-11(8-4-1)13-15-14(16(13)15)12-9-5-2-6-10-12/h1-10,13-14H. The molecular weight excluding hydrogens is 196 g/mol. The molecule has 2 aliphatic rings. The topological polar surface area (TPSA) is 6.02 Å². The van der Waals surface area contributed by atoms with Crippen molar-refractivity contribution in [2.24, 2.45) is 0 Å². The Hall–Kier alpha value is -1.64. The Bertz CT molecular complexity index is 451. The van der Waals surface area contributed by atoms with E-state index in [1.54, 1.807) is 0 Å². The quantitative estimate of drug-likeness (QED) is 0.700. The zero-order valence-electron chi connectivity index (χ0n) is 8.82. The molecule has 2 fully saturated rings. The van der Waals surface area contributed by atoms with E-state index in [1.807, 2.05) is 0 Å². The molecule has 2 nitrogen and oxygen atoms in total. The number of hydrazine groups is 1. The fourth-order valence-electron chi connectivity index (χ4n) is 2.46. The molecule has 2 saturated heterocycles. The highest BCUT2D eigenvalue weighted by Gasteiger charge is 2.70. The van der Waals surface area contributed by atoms with Crippen molar-refractivity contribution in [3.8, 4) is 0 Å². The maximum Gasteiger partial charge on any atom is 0.119 e. The Kier molecular flexibility index (Phi) is 1.56. The Labute approximate surface area is 94.7 Å². The van der Waals surface area contributed by atoms with Crippen LogP contribution in [0.1, 0.15) is 23.5 Å². The van der Waals surface area contributed by atoms with Gasteiger partial charge in [-0.05, 0) is 11.1 Å². The van der Waals surface area contributed by atoms with Gasteiger partial charge in [0.05, 0.1) is 0 Å². The van der Waals surface area contributed by atoms with Gasteiger partial charge < -0.3 is 0 Å². The van der Waals surface area contributed by atoms with E-state index in [0.717, 1.165) is 0 Å². The lowest BCUT2D eigenvalue weighted by Crippen LogP contribution is -2.04. The second-order valence-electron chi connectivity index (χ2n) is 4.33. The minimum atomic E-state index is 0.534. The van der Waals surface area contributed by atoms with Crippen LogP contribution in [0.25, 0.3) is 0 Å². The molecule has 2 aromatic carbocycles. The molecule has 4 rings (SSSR count). The molecule has 0 spiro atoms. The number of hydrogen-bond acceptors (Lipinski definition) is 2. The summed E-state index contributed by atoms with van der Waals surface area (Å²) in [5.41, 5.74) is 2.80. The van der Waals surface area contributed by atoms with Crippen molar-refractivity contribution >= 4 is 0 Å². The number of benzene rings is 2. The van der Waals surface area contributed by atoms with E-state index < -0.39 is 0 Å². The average Bonchev–Trinajstić information content (AvgIpc) is 3.22. The van der Waals surface area contributed by atoms with Gasteiger partial charge in [-0.1, -0.05) is 60.7 Å². The second kappa shape index (κ2) is 2.94. The molecule has 2 aliphatic heterocycles. The van der Waals surface area contributed by atoms with Gasteiger partial charge in [0.15, 0.2) is 0 Å². The molecule has 0 unspecified atom stereocenters. The van der Waals surface area contributed by atoms with Crippen molar-refractivity contribution in [1.29, 1.82) is 0 Å². The molecule has 0 bridgehead atoms. The molecule has 0 atom stereocenters. The van der Waals surface area contributed by atoms with E-state index in [0.29, 0.717) is 12.3 Å². The minimum absolute atomic E-state index is 0.534.